The molecule has 2 N–H and O–H groups in total. The molecule has 13 heavy (non-hydrogen) atoms. The lowest BCUT2D eigenvalue weighted by molar-refractivity contribution is 0.411. The number of methoxy groups -OCH3 is 1. The molecule has 72 valence electrons. The molecule has 0 amide bonds. The molecule has 0 aliphatic carbocycles. The largest absolute Gasteiger partial charge is 0.496 e. The molecule has 0 heterocycles. The first-order valence-electron chi connectivity index (χ1n) is 4.53. The first kappa shape index (κ1) is 10.1. The third kappa shape index (κ3) is 2.22. The predicted octanol–water partition coefficient (Wildman–Crippen LogP) is 1.81. The SMILES string of the molecule is COc1cc(CCN)c(C)cc1C. The van der Waals surface area contributed by atoms with Crippen molar-refractivity contribution in [1.82, 2.24) is 0 Å². The van der Waals surface area contributed by atoms with Crippen LogP contribution < -0.4 is 10.5 Å². The number of rotatable bonds is 3. The van der Waals surface area contributed by atoms with Crippen LogP contribution >= 0.6 is 0 Å². The third-order valence-electron chi connectivity index (χ3n) is 2.27. The average Bonchev–Trinajstić information content (AvgIpc) is 2.10. The van der Waals surface area contributed by atoms with Crippen molar-refractivity contribution in [2.45, 2.75) is 20.3 Å². The minimum absolute atomic E-state index is 0.688. The highest BCUT2D eigenvalue weighted by atomic mass is 16.5. The number of hydrogen-bond donors (Lipinski definition) is 1. The molecule has 1 rings (SSSR count). The maximum absolute atomic E-state index is 5.52. The molecule has 2 heteroatoms. The van der Waals surface area contributed by atoms with Crippen LogP contribution in [0.4, 0.5) is 0 Å². The van der Waals surface area contributed by atoms with Gasteiger partial charge in [-0.25, -0.2) is 0 Å². The molecule has 0 bridgehead atoms. The van der Waals surface area contributed by atoms with Crippen molar-refractivity contribution in [3.05, 3.63) is 28.8 Å². The van der Waals surface area contributed by atoms with Crippen LogP contribution in [0.3, 0.4) is 0 Å². The van der Waals surface area contributed by atoms with E-state index in [1.165, 1.54) is 16.7 Å². The van der Waals surface area contributed by atoms with Gasteiger partial charge in [0.25, 0.3) is 0 Å². The standard InChI is InChI=1S/C11H17NO/c1-8-6-9(2)11(13-3)7-10(8)4-5-12/h6-7H,4-5,12H2,1-3H3. The Morgan fingerprint density at radius 1 is 1.23 bits per heavy atom. The second-order valence-corrected chi connectivity index (χ2v) is 3.29. The summed E-state index contributed by atoms with van der Waals surface area (Å²) in [6.07, 6.45) is 0.919. The Balaban J connectivity index is 3.06. The molecule has 0 radical (unpaired) electrons. The summed E-state index contributed by atoms with van der Waals surface area (Å²) in [6, 6.07) is 4.22. The summed E-state index contributed by atoms with van der Waals surface area (Å²) in [5.41, 5.74) is 9.28. The van der Waals surface area contributed by atoms with E-state index in [1.54, 1.807) is 7.11 Å². The molecule has 0 aliphatic heterocycles. The predicted molar refractivity (Wildman–Crippen MR) is 55.2 cm³/mol. The van der Waals surface area contributed by atoms with Crippen molar-refractivity contribution >= 4 is 0 Å². The summed E-state index contributed by atoms with van der Waals surface area (Å²) in [5.74, 6) is 0.953. The van der Waals surface area contributed by atoms with Crippen molar-refractivity contribution in [1.29, 1.82) is 0 Å². The van der Waals surface area contributed by atoms with Gasteiger partial charge in [0, 0.05) is 0 Å². The van der Waals surface area contributed by atoms with Gasteiger partial charge in [0.1, 0.15) is 5.75 Å². The molecular formula is C11H17NO. The zero-order chi connectivity index (χ0) is 9.84. The number of benzene rings is 1. The van der Waals surface area contributed by atoms with Gasteiger partial charge >= 0.3 is 0 Å². The second-order valence-electron chi connectivity index (χ2n) is 3.29. The smallest absolute Gasteiger partial charge is 0.122 e. The minimum Gasteiger partial charge on any atom is -0.496 e. The van der Waals surface area contributed by atoms with Crippen LogP contribution in [0, 0.1) is 13.8 Å². The van der Waals surface area contributed by atoms with Crippen LogP contribution in [0.2, 0.25) is 0 Å². The van der Waals surface area contributed by atoms with Gasteiger partial charge in [0.05, 0.1) is 7.11 Å². The maximum atomic E-state index is 5.52. The van der Waals surface area contributed by atoms with Gasteiger partial charge in [-0.15, -0.1) is 0 Å². The van der Waals surface area contributed by atoms with E-state index >= 15 is 0 Å². The summed E-state index contributed by atoms with van der Waals surface area (Å²) in [7, 11) is 1.70. The summed E-state index contributed by atoms with van der Waals surface area (Å²) in [5, 5.41) is 0. The first-order chi connectivity index (χ1) is 6.19. The normalized spacial score (nSPS) is 10.2. The van der Waals surface area contributed by atoms with Crippen molar-refractivity contribution in [2.75, 3.05) is 13.7 Å². The fourth-order valence-electron chi connectivity index (χ4n) is 1.52. The van der Waals surface area contributed by atoms with Crippen LogP contribution in [0.25, 0.3) is 0 Å². The van der Waals surface area contributed by atoms with Gasteiger partial charge in [0.15, 0.2) is 0 Å². The van der Waals surface area contributed by atoms with Crippen LogP contribution in [-0.4, -0.2) is 13.7 Å². The zero-order valence-electron chi connectivity index (χ0n) is 8.55. The Morgan fingerprint density at radius 3 is 2.46 bits per heavy atom. The molecule has 0 spiro atoms. The van der Waals surface area contributed by atoms with Crippen molar-refractivity contribution in [3.8, 4) is 5.75 Å². The molecule has 1 aromatic rings. The van der Waals surface area contributed by atoms with Gasteiger partial charge in [-0.2, -0.15) is 0 Å². The monoisotopic (exact) mass is 179 g/mol. The lowest BCUT2D eigenvalue weighted by Gasteiger charge is -2.10. The lowest BCUT2D eigenvalue weighted by Crippen LogP contribution is -2.04. The minimum atomic E-state index is 0.688. The molecule has 2 nitrogen and oxygen atoms in total. The van der Waals surface area contributed by atoms with E-state index < -0.39 is 0 Å². The van der Waals surface area contributed by atoms with Gasteiger partial charge in [-0.05, 0) is 49.6 Å². The van der Waals surface area contributed by atoms with Gasteiger partial charge in [-0.3, -0.25) is 0 Å². The molecule has 0 fully saturated rings. The number of nitrogens with two attached hydrogens (primary N) is 1. The van der Waals surface area contributed by atoms with Crippen molar-refractivity contribution in [2.24, 2.45) is 5.73 Å². The average molecular weight is 179 g/mol. The topological polar surface area (TPSA) is 35.2 Å². The maximum Gasteiger partial charge on any atom is 0.122 e. The quantitative estimate of drug-likeness (QED) is 0.768. The Kier molecular flexibility index (Phi) is 3.32. The third-order valence-corrected chi connectivity index (χ3v) is 2.27. The molecule has 0 saturated carbocycles. The molecule has 0 atom stereocenters. The van der Waals surface area contributed by atoms with Crippen molar-refractivity contribution < 1.29 is 4.74 Å². The molecular weight excluding hydrogens is 162 g/mol. The van der Waals surface area contributed by atoms with Crippen LogP contribution in [0.1, 0.15) is 16.7 Å². The van der Waals surface area contributed by atoms with Crippen molar-refractivity contribution in [3.63, 3.8) is 0 Å². The molecule has 1 aromatic carbocycles. The summed E-state index contributed by atoms with van der Waals surface area (Å²) >= 11 is 0. The highest BCUT2D eigenvalue weighted by Gasteiger charge is 2.03. The Hall–Kier alpha value is -1.02. The zero-order valence-corrected chi connectivity index (χ0v) is 8.55. The molecule has 0 aliphatic rings. The lowest BCUT2D eigenvalue weighted by atomic mass is 10.0. The van der Waals surface area contributed by atoms with E-state index in [2.05, 4.69) is 26.0 Å². The summed E-state index contributed by atoms with van der Waals surface area (Å²) < 4.78 is 5.25. The van der Waals surface area contributed by atoms with E-state index in [0.717, 1.165) is 12.2 Å². The van der Waals surface area contributed by atoms with Crippen LogP contribution in [0.5, 0.6) is 5.75 Å². The first-order valence-corrected chi connectivity index (χ1v) is 4.53. The Bertz CT molecular complexity index is 294. The number of ether oxygens (including phenoxy) is 1. The highest BCUT2D eigenvalue weighted by Crippen LogP contribution is 2.22. The van der Waals surface area contributed by atoms with E-state index in [0.29, 0.717) is 6.54 Å². The molecule has 0 unspecified atom stereocenters. The summed E-state index contributed by atoms with van der Waals surface area (Å²) in [4.78, 5) is 0. The number of aryl methyl sites for hydroxylation is 2. The fourth-order valence-corrected chi connectivity index (χ4v) is 1.52. The van der Waals surface area contributed by atoms with Crippen LogP contribution in [-0.2, 0) is 6.42 Å². The molecule has 0 saturated heterocycles. The van der Waals surface area contributed by atoms with Gasteiger partial charge in [-0.1, -0.05) is 6.07 Å². The fraction of sp³-hybridized carbons (Fsp3) is 0.455. The summed E-state index contributed by atoms with van der Waals surface area (Å²) in [6.45, 7) is 4.85. The van der Waals surface area contributed by atoms with E-state index in [1.807, 2.05) is 0 Å². The van der Waals surface area contributed by atoms with Gasteiger partial charge < -0.3 is 10.5 Å². The van der Waals surface area contributed by atoms with Gasteiger partial charge in [0.2, 0.25) is 0 Å². The van der Waals surface area contributed by atoms with E-state index in [-0.39, 0.29) is 0 Å². The Morgan fingerprint density at radius 2 is 1.92 bits per heavy atom. The highest BCUT2D eigenvalue weighted by molar-refractivity contribution is 5.41. The van der Waals surface area contributed by atoms with E-state index in [4.69, 9.17) is 10.5 Å². The Labute approximate surface area is 79.7 Å². The van der Waals surface area contributed by atoms with Crippen LogP contribution in [0.15, 0.2) is 12.1 Å². The molecule has 0 aromatic heterocycles. The number of hydrogen-bond acceptors (Lipinski definition) is 2. The second kappa shape index (κ2) is 4.28. The van der Waals surface area contributed by atoms with E-state index in [9.17, 15) is 0 Å².